The van der Waals surface area contributed by atoms with Crippen LogP contribution in [0, 0.1) is 5.92 Å². The normalized spacial score (nSPS) is 36.3. The van der Waals surface area contributed by atoms with E-state index in [1.807, 2.05) is 0 Å². The van der Waals surface area contributed by atoms with Crippen LogP contribution in [-0.4, -0.2) is 69.1 Å². The van der Waals surface area contributed by atoms with Crippen LogP contribution in [0.4, 0.5) is 0 Å². The van der Waals surface area contributed by atoms with Crippen molar-refractivity contribution >= 4 is 11.8 Å². The van der Waals surface area contributed by atoms with E-state index in [1.54, 1.807) is 12.4 Å². The number of fused-ring (bicyclic) bond motifs is 3. The molecule has 0 aromatic carbocycles. The molecule has 4 fully saturated rings. The Labute approximate surface area is 153 Å². The number of nitrogens with zero attached hydrogens (tertiary/aromatic N) is 3. The molecule has 4 atom stereocenters. The number of aromatic nitrogens is 2. The average molecular weight is 357 g/mol. The van der Waals surface area contributed by atoms with E-state index in [0.717, 1.165) is 58.2 Å². The Kier molecular flexibility index (Phi) is 3.81. The van der Waals surface area contributed by atoms with E-state index < -0.39 is 0 Å². The van der Waals surface area contributed by atoms with Crippen molar-refractivity contribution in [1.29, 1.82) is 0 Å². The molecule has 2 bridgehead atoms. The van der Waals surface area contributed by atoms with Gasteiger partial charge in [-0.05, 0) is 64.0 Å². The van der Waals surface area contributed by atoms with Gasteiger partial charge < -0.3 is 10.2 Å². The van der Waals surface area contributed by atoms with Crippen molar-refractivity contribution < 1.29 is 9.59 Å². The molecule has 2 amide bonds. The van der Waals surface area contributed by atoms with Crippen LogP contribution in [0.2, 0.25) is 0 Å². The van der Waals surface area contributed by atoms with Gasteiger partial charge in [0, 0.05) is 12.7 Å². The van der Waals surface area contributed by atoms with Gasteiger partial charge in [0.05, 0.1) is 23.8 Å². The molecule has 5 rings (SSSR count). The van der Waals surface area contributed by atoms with Crippen LogP contribution in [0.1, 0.15) is 55.3 Å². The summed E-state index contributed by atoms with van der Waals surface area (Å²) in [7, 11) is 0. The number of nitrogens with one attached hydrogen (secondary N) is 2. The molecule has 3 aliphatic heterocycles. The summed E-state index contributed by atoms with van der Waals surface area (Å²) in [5, 5.41) is 9.72. The standard InChI is InChI=1S/C19H27N5O2/c25-17(14-10-20-21-11-14)22-16-13-4-5-15(16)24(12-13)18(26)19-6-1-2-8-23(19)9-3-7-19/h10-11,13,15-16H,1-9,12H2,(H,20,21)(H,22,25)/t13-,15-,16-,19?/m1/s1. The molecule has 1 aromatic heterocycles. The lowest BCUT2D eigenvalue weighted by Crippen LogP contribution is -2.60. The largest absolute Gasteiger partial charge is 0.347 e. The smallest absolute Gasteiger partial charge is 0.254 e. The minimum atomic E-state index is -0.248. The molecule has 1 saturated carbocycles. The predicted molar refractivity (Wildman–Crippen MR) is 95.5 cm³/mol. The number of hydrogen-bond donors (Lipinski definition) is 2. The Morgan fingerprint density at radius 3 is 2.88 bits per heavy atom. The van der Waals surface area contributed by atoms with Gasteiger partial charge >= 0.3 is 0 Å². The minimum Gasteiger partial charge on any atom is -0.347 e. The van der Waals surface area contributed by atoms with Crippen molar-refractivity contribution in [2.75, 3.05) is 19.6 Å². The van der Waals surface area contributed by atoms with Gasteiger partial charge in [-0.25, -0.2) is 0 Å². The maximum absolute atomic E-state index is 13.6. The number of hydrogen-bond acceptors (Lipinski definition) is 4. The number of likely N-dealkylation sites (tertiary alicyclic amines) is 1. The molecule has 7 heteroatoms. The molecular weight excluding hydrogens is 330 g/mol. The summed E-state index contributed by atoms with van der Waals surface area (Å²) < 4.78 is 0. The first-order valence-corrected chi connectivity index (χ1v) is 10.0. The number of rotatable bonds is 3. The van der Waals surface area contributed by atoms with Gasteiger partial charge in [-0.15, -0.1) is 0 Å². The zero-order chi connectivity index (χ0) is 17.7. The van der Waals surface area contributed by atoms with Crippen LogP contribution in [0.3, 0.4) is 0 Å². The second-order valence-electron chi connectivity index (χ2n) is 8.43. The van der Waals surface area contributed by atoms with Crippen molar-refractivity contribution in [3.63, 3.8) is 0 Å². The van der Waals surface area contributed by atoms with E-state index in [9.17, 15) is 9.59 Å². The number of piperidine rings is 2. The SMILES string of the molecule is O=C(N[C@@H]1[C@@H]2CC[C@H]1N(C(=O)C13CCCCN1CCC3)C2)c1cn[nH]c1. The lowest BCUT2D eigenvalue weighted by Gasteiger charge is -2.44. The van der Waals surface area contributed by atoms with Gasteiger partial charge in [0.2, 0.25) is 5.91 Å². The predicted octanol–water partition coefficient (Wildman–Crippen LogP) is 1.15. The summed E-state index contributed by atoms with van der Waals surface area (Å²) in [4.78, 5) is 30.6. The van der Waals surface area contributed by atoms with E-state index >= 15 is 0 Å². The molecule has 26 heavy (non-hydrogen) atoms. The number of amides is 2. The average Bonchev–Trinajstić information content (AvgIpc) is 3.44. The monoisotopic (exact) mass is 357 g/mol. The third-order valence-corrected chi connectivity index (χ3v) is 7.20. The van der Waals surface area contributed by atoms with Gasteiger partial charge in [0.15, 0.2) is 0 Å². The fourth-order valence-electron chi connectivity index (χ4n) is 5.94. The van der Waals surface area contributed by atoms with Crippen molar-refractivity contribution in [2.24, 2.45) is 5.92 Å². The minimum absolute atomic E-state index is 0.0798. The molecule has 1 aromatic rings. The molecule has 140 valence electrons. The van der Waals surface area contributed by atoms with Crippen LogP contribution < -0.4 is 5.32 Å². The first kappa shape index (κ1) is 16.3. The first-order valence-electron chi connectivity index (χ1n) is 10.0. The second-order valence-corrected chi connectivity index (χ2v) is 8.43. The van der Waals surface area contributed by atoms with Crippen LogP contribution >= 0.6 is 0 Å². The molecule has 2 N–H and O–H groups in total. The fraction of sp³-hybridized carbons (Fsp3) is 0.737. The highest BCUT2D eigenvalue weighted by Crippen LogP contribution is 2.44. The number of carbonyl (C=O) groups is 2. The molecule has 0 spiro atoms. The van der Waals surface area contributed by atoms with Gasteiger partial charge in [-0.1, -0.05) is 0 Å². The Balaban J connectivity index is 1.34. The summed E-state index contributed by atoms with van der Waals surface area (Å²) in [5.41, 5.74) is 0.309. The highest BCUT2D eigenvalue weighted by atomic mass is 16.2. The molecule has 7 nitrogen and oxygen atoms in total. The van der Waals surface area contributed by atoms with Crippen molar-refractivity contribution in [1.82, 2.24) is 25.3 Å². The summed E-state index contributed by atoms with van der Waals surface area (Å²) in [6, 6.07) is 0.235. The van der Waals surface area contributed by atoms with Gasteiger partial charge in [-0.2, -0.15) is 5.10 Å². The third-order valence-electron chi connectivity index (χ3n) is 7.20. The molecule has 1 unspecified atom stereocenters. The zero-order valence-electron chi connectivity index (χ0n) is 15.1. The Bertz CT molecular complexity index is 705. The fourth-order valence-corrected chi connectivity index (χ4v) is 5.94. The van der Waals surface area contributed by atoms with Crippen LogP contribution in [0.15, 0.2) is 12.4 Å². The van der Waals surface area contributed by atoms with E-state index in [1.165, 1.54) is 6.42 Å². The van der Waals surface area contributed by atoms with Gasteiger partial charge in [0.1, 0.15) is 5.54 Å². The quantitative estimate of drug-likeness (QED) is 0.850. The van der Waals surface area contributed by atoms with Crippen molar-refractivity contribution in [3.05, 3.63) is 18.0 Å². The van der Waals surface area contributed by atoms with E-state index in [-0.39, 0.29) is 23.5 Å². The summed E-state index contributed by atoms with van der Waals surface area (Å²) in [5.74, 6) is 0.632. The Hall–Kier alpha value is -1.89. The van der Waals surface area contributed by atoms with E-state index in [0.29, 0.717) is 17.4 Å². The molecular formula is C19H27N5O2. The van der Waals surface area contributed by atoms with Gasteiger partial charge in [0.25, 0.3) is 5.91 Å². The third kappa shape index (κ3) is 2.32. The van der Waals surface area contributed by atoms with Crippen LogP contribution in [-0.2, 0) is 4.79 Å². The Morgan fingerprint density at radius 1 is 1.19 bits per heavy atom. The number of H-pyrrole nitrogens is 1. The summed E-state index contributed by atoms with van der Waals surface area (Å²) in [6.45, 7) is 2.93. The maximum atomic E-state index is 13.6. The first-order chi connectivity index (χ1) is 12.7. The van der Waals surface area contributed by atoms with E-state index in [2.05, 4.69) is 25.3 Å². The van der Waals surface area contributed by atoms with Gasteiger partial charge in [-0.3, -0.25) is 19.6 Å². The topological polar surface area (TPSA) is 81.3 Å². The summed E-state index contributed by atoms with van der Waals surface area (Å²) in [6.07, 6.45) is 10.8. The molecule has 0 radical (unpaired) electrons. The van der Waals surface area contributed by atoms with E-state index in [4.69, 9.17) is 0 Å². The number of aromatic amines is 1. The van der Waals surface area contributed by atoms with Crippen molar-refractivity contribution in [3.8, 4) is 0 Å². The summed E-state index contributed by atoms with van der Waals surface area (Å²) >= 11 is 0. The second kappa shape index (κ2) is 6.08. The van der Waals surface area contributed by atoms with Crippen LogP contribution in [0.25, 0.3) is 0 Å². The maximum Gasteiger partial charge on any atom is 0.254 e. The molecule has 4 heterocycles. The highest BCUT2D eigenvalue weighted by molar-refractivity contribution is 5.94. The molecule has 4 aliphatic rings. The van der Waals surface area contributed by atoms with Crippen LogP contribution in [0.5, 0.6) is 0 Å². The molecule has 1 aliphatic carbocycles. The zero-order valence-corrected chi connectivity index (χ0v) is 15.1. The highest BCUT2D eigenvalue weighted by Gasteiger charge is 2.56. The lowest BCUT2D eigenvalue weighted by molar-refractivity contribution is -0.147. The lowest BCUT2D eigenvalue weighted by atomic mass is 9.84. The number of carbonyl (C=O) groups excluding carboxylic acids is 2. The molecule has 3 saturated heterocycles. The Morgan fingerprint density at radius 2 is 2.04 bits per heavy atom. The van der Waals surface area contributed by atoms with Crippen molar-refractivity contribution in [2.45, 2.75) is 62.6 Å².